The minimum Gasteiger partial charge on any atom is -0.324 e. The second-order valence-electron chi connectivity index (χ2n) is 4.25. The van der Waals surface area contributed by atoms with E-state index in [9.17, 15) is 14.5 Å². The Balaban J connectivity index is 2.22. The summed E-state index contributed by atoms with van der Waals surface area (Å²) in [7, 11) is 0. The van der Waals surface area contributed by atoms with Gasteiger partial charge in [-0.25, -0.2) is 4.39 Å². The van der Waals surface area contributed by atoms with E-state index in [4.69, 9.17) is 5.73 Å². The average Bonchev–Trinajstić information content (AvgIpc) is 3.01. The second-order valence-corrected chi connectivity index (χ2v) is 4.25. The molecule has 0 unspecified atom stereocenters. The lowest BCUT2D eigenvalue weighted by Crippen LogP contribution is -2.13. The fourth-order valence-electron chi connectivity index (χ4n) is 1.77. The molecule has 16 heavy (non-hydrogen) atoms. The molecule has 1 aliphatic rings. The first kappa shape index (κ1) is 11.0. The van der Waals surface area contributed by atoms with E-state index in [1.54, 1.807) is 0 Å². The summed E-state index contributed by atoms with van der Waals surface area (Å²) in [6.07, 6.45) is 2.96. The highest BCUT2D eigenvalue weighted by molar-refractivity contribution is 5.36. The summed E-state index contributed by atoms with van der Waals surface area (Å²) >= 11 is 0. The van der Waals surface area contributed by atoms with E-state index in [1.807, 2.05) is 0 Å². The van der Waals surface area contributed by atoms with E-state index in [1.165, 1.54) is 6.07 Å². The highest BCUT2D eigenvalue weighted by atomic mass is 19.1. The molecule has 1 fully saturated rings. The van der Waals surface area contributed by atoms with Gasteiger partial charge in [0, 0.05) is 23.7 Å². The molecular weight excluding hydrogens is 211 g/mol. The van der Waals surface area contributed by atoms with Gasteiger partial charge in [0.2, 0.25) is 0 Å². The van der Waals surface area contributed by atoms with E-state index < -0.39 is 16.8 Å². The summed E-state index contributed by atoms with van der Waals surface area (Å²) in [5, 5.41) is 10.6. The molecule has 2 rings (SSSR count). The molecule has 0 aliphatic heterocycles. The van der Waals surface area contributed by atoms with E-state index in [0.29, 0.717) is 12.3 Å². The number of nitrogens with two attached hydrogens (primary N) is 1. The Morgan fingerprint density at radius 1 is 1.56 bits per heavy atom. The highest BCUT2D eigenvalue weighted by Gasteiger charge is 2.26. The van der Waals surface area contributed by atoms with Crippen LogP contribution in [0.3, 0.4) is 0 Å². The molecule has 0 heterocycles. The predicted octanol–water partition coefficient (Wildman–Crippen LogP) is 2.53. The summed E-state index contributed by atoms with van der Waals surface area (Å²) in [5.41, 5.74) is 5.99. The number of nitro groups is 1. The third-order valence-electron chi connectivity index (χ3n) is 2.87. The average molecular weight is 224 g/mol. The van der Waals surface area contributed by atoms with Crippen LogP contribution in [0.4, 0.5) is 10.1 Å². The van der Waals surface area contributed by atoms with Crippen molar-refractivity contribution in [1.82, 2.24) is 0 Å². The highest BCUT2D eigenvalue weighted by Crippen LogP contribution is 2.37. The maximum Gasteiger partial charge on any atom is 0.269 e. The maximum absolute atomic E-state index is 13.5. The fraction of sp³-hybridized carbons (Fsp3) is 0.455. The molecular formula is C11H13FN2O2. The monoisotopic (exact) mass is 224 g/mol. The number of halogens is 1. The lowest BCUT2D eigenvalue weighted by atomic mass is 10.0. The number of hydrogen-bond acceptors (Lipinski definition) is 3. The Morgan fingerprint density at radius 3 is 2.81 bits per heavy atom. The minimum absolute atomic E-state index is 0.109. The molecule has 0 aromatic heterocycles. The number of nitro benzene ring substituents is 1. The topological polar surface area (TPSA) is 69.2 Å². The van der Waals surface area contributed by atoms with Crippen molar-refractivity contribution in [1.29, 1.82) is 0 Å². The summed E-state index contributed by atoms with van der Waals surface area (Å²) in [6.45, 7) is 0. The van der Waals surface area contributed by atoms with Gasteiger partial charge in [-0.2, -0.15) is 0 Å². The van der Waals surface area contributed by atoms with Crippen molar-refractivity contribution in [3.63, 3.8) is 0 Å². The molecule has 0 bridgehead atoms. The zero-order valence-electron chi connectivity index (χ0n) is 8.73. The maximum atomic E-state index is 13.5. The van der Waals surface area contributed by atoms with Crippen LogP contribution in [0.1, 0.15) is 30.9 Å². The molecule has 5 heteroatoms. The van der Waals surface area contributed by atoms with Gasteiger partial charge in [-0.3, -0.25) is 10.1 Å². The number of non-ortho nitro benzene ring substituents is 1. The second kappa shape index (κ2) is 4.17. The SMILES string of the molecule is N[C@@H](CC1CC1)c1cc([N+](=O)[O-])ccc1F. The van der Waals surface area contributed by atoms with Crippen LogP contribution in [-0.4, -0.2) is 4.92 Å². The van der Waals surface area contributed by atoms with Crippen molar-refractivity contribution in [2.45, 2.75) is 25.3 Å². The van der Waals surface area contributed by atoms with Crippen LogP contribution in [0, 0.1) is 21.8 Å². The zero-order chi connectivity index (χ0) is 11.7. The van der Waals surface area contributed by atoms with Crippen molar-refractivity contribution >= 4 is 5.69 Å². The minimum atomic E-state index is -0.535. The van der Waals surface area contributed by atoms with Crippen LogP contribution in [0.25, 0.3) is 0 Å². The Kier molecular flexibility index (Phi) is 2.87. The van der Waals surface area contributed by atoms with Crippen LogP contribution < -0.4 is 5.73 Å². The van der Waals surface area contributed by atoms with Crippen molar-refractivity contribution in [3.8, 4) is 0 Å². The summed E-state index contributed by atoms with van der Waals surface area (Å²) < 4.78 is 13.5. The smallest absolute Gasteiger partial charge is 0.269 e. The third kappa shape index (κ3) is 2.36. The fourth-order valence-corrected chi connectivity index (χ4v) is 1.77. The molecule has 1 atom stereocenters. The molecule has 1 aliphatic carbocycles. The molecule has 4 nitrogen and oxygen atoms in total. The number of rotatable bonds is 4. The van der Waals surface area contributed by atoms with E-state index in [0.717, 1.165) is 25.0 Å². The largest absolute Gasteiger partial charge is 0.324 e. The summed E-state index contributed by atoms with van der Waals surface area (Å²) in [4.78, 5) is 10.0. The molecule has 0 radical (unpaired) electrons. The lowest BCUT2D eigenvalue weighted by Gasteiger charge is -2.11. The molecule has 86 valence electrons. The van der Waals surface area contributed by atoms with Gasteiger partial charge >= 0.3 is 0 Å². The number of hydrogen-bond donors (Lipinski definition) is 1. The third-order valence-corrected chi connectivity index (χ3v) is 2.87. The van der Waals surface area contributed by atoms with E-state index in [2.05, 4.69) is 0 Å². The molecule has 1 aromatic rings. The molecule has 1 aromatic carbocycles. The summed E-state index contributed by atoms with van der Waals surface area (Å²) in [5.74, 6) is 0.104. The van der Waals surface area contributed by atoms with Crippen molar-refractivity contribution in [2.75, 3.05) is 0 Å². The number of nitrogens with zero attached hydrogens (tertiary/aromatic N) is 1. The molecule has 0 saturated heterocycles. The normalized spacial score (nSPS) is 17.1. The summed E-state index contributed by atoms with van der Waals surface area (Å²) in [6, 6.07) is 3.07. The Labute approximate surface area is 92.4 Å². The van der Waals surface area contributed by atoms with Gasteiger partial charge in [0.25, 0.3) is 5.69 Å². The van der Waals surface area contributed by atoms with Gasteiger partial charge in [-0.1, -0.05) is 12.8 Å². The van der Waals surface area contributed by atoms with Gasteiger partial charge < -0.3 is 5.73 Å². The first-order valence-electron chi connectivity index (χ1n) is 5.27. The standard InChI is InChI=1S/C11H13FN2O2/c12-10-4-3-8(14(15)16)6-9(10)11(13)5-7-1-2-7/h3-4,6-7,11H,1-2,5,13H2/t11-/m0/s1. The Hall–Kier alpha value is -1.49. The van der Waals surface area contributed by atoms with Crippen molar-refractivity contribution in [3.05, 3.63) is 39.7 Å². The van der Waals surface area contributed by atoms with Gasteiger partial charge in [0.05, 0.1) is 4.92 Å². The van der Waals surface area contributed by atoms with Crippen LogP contribution in [0.5, 0.6) is 0 Å². The Morgan fingerprint density at radius 2 is 2.25 bits per heavy atom. The Bertz CT molecular complexity index is 418. The van der Waals surface area contributed by atoms with Gasteiger partial charge in [-0.05, 0) is 18.4 Å². The van der Waals surface area contributed by atoms with Gasteiger partial charge in [-0.15, -0.1) is 0 Å². The number of benzene rings is 1. The first-order chi connectivity index (χ1) is 7.58. The van der Waals surface area contributed by atoms with Crippen molar-refractivity contribution < 1.29 is 9.31 Å². The van der Waals surface area contributed by atoms with E-state index in [-0.39, 0.29) is 11.3 Å². The zero-order valence-corrected chi connectivity index (χ0v) is 8.73. The van der Waals surface area contributed by atoms with E-state index >= 15 is 0 Å². The van der Waals surface area contributed by atoms with Crippen molar-refractivity contribution in [2.24, 2.45) is 11.7 Å². The van der Waals surface area contributed by atoms with Crippen LogP contribution in [0.2, 0.25) is 0 Å². The molecule has 0 amide bonds. The quantitative estimate of drug-likeness (QED) is 0.631. The van der Waals surface area contributed by atoms with Gasteiger partial charge in [0.1, 0.15) is 5.82 Å². The lowest BCUT2D eigenvalue weighted by molar-refractivity contribution is -0.385. The van der Waals surface area contributed by atoms with Crippen LogP contribution in [0.15, 0.2) is 18.2 Å². The van der Waals surface area contributed by atoms with Crippen LogP contribution >= 0.6 is 0 Å². The van der Waals surface area contributed by atoms with Gasteiger partial charge in [0.15, 0.2) is 0 Å². The first-order valence-corrected chi connectivity index (χ1v) is 5.27. The molecule has 0 spiro atoms. The molecule has 2 N–H and O–H groups in total. The predicted molar refractivity (Wildman–Crippen MR) is 57.3 cm³/mol. The van der Waals surface area contributed by atoms with Crippen LogP contribution in [-0.2, 0) is 0 Å². The molecule has 1 saturated carbocycles.